The molecular formula is C15H31IN6. The highest BCUT2D eigenvalue weighted by Crippen LogP contribution is 1.90. The van der Waals surface area contributed by atoms with Crippen molar-refractivity contribution in [2.24, 2.45) is 4.99 Å². The molecule has 0 aliphatic rings. The van der Waals surface area contributed by atoms with Crippen molar-refractivity contribution in [3.63, 3.8) is 0 Å². The minimum atomic E-state index is 0. The maximum atomic E-state index is 4.24. The second-order valence-corrected chi connectivity index (χ2v) is 4.98. The molecule has 0 saturated carbocycles. The van der Waals surface area contributed by atoms with Crippen LogP contribution in [0.1, 0.15) is 26.7 Å². The van der Waals surface area contributed by atoms with Gasteiger partial charge in [-0.2, -0.15) is 5.10 Å². The molecule has 1 rings (SSSR count). The van der Waals surface area contributed by atoms with E-state index in [1.165, 1.54) is 6.42 Å². The van der Waals surface area contributed by atoms with E-state index in [2.05, 4.69) is 39.5 Å². The number of likely N-dealkylation sites (N-methyl/N-ethyl adjacent to an activating group) is 1. The van der Waals surface area contributed by atoms with Crippen molar-refractivity contribution in [1.82, 2.24) is 25.3 Å². The van der Waals surface area contributed by atoms with Crippen LogP contribution in [0, 0.1) is 0 Å². The van der Waals surface area contributed by atoms with E-state index in [1.807, 2.05) is 30.2 Å². The van der Waals surface area contributed by atoms with Crippen LogP contribution < -0.4 is 10.6 Å². The van der Waals surface area contributed by atoms with Gasteiger partial charge >= 0.3 is 0 Å². The molecule has 0 fully saturated rings. The second-order valence-electron chi connectivity index (χ2n) is 4.98. The van der Waals surface area contributed by atoms with Gasteiger partial charge in [-0.15, -0.1) is 24.0 Å². The summed E-state index contributed by atoms with van der Waals surface area (Å²) in [6.07, 6.45) is 6.03. The molecule has 7 heteroatoms. The lowest BCUT2D eigenvalue weighted by atomic mass is 10.4. The standard InChI is InChI=1S/C15H30N6.HI/c1-4-11-20(5-2)14-10-18-15(16-3)17-8-6-12-21-13-7-9-19-21;/h7,9,13H,4-6,8,10-12,14H2,1-3H3,(H2,16,17,18);1H. The zero-order valence-electron chi connectivity index (χ0n) is 14.1. The highest BCUT2D eigenvalue weighted by molar-refractivity contribution is 14.0. The zero-order valence-corrected chi connectivity index (χ0v) is 16.4. The number of hydrogen-bond donors (Lipinski definition) is 2. The third kappa shape index (κ3) is 9.24. The number of aliphatic imine (C=N–C) groups is 1. The van der Waals surface area contributed by atoms with Gasteiger partial charge in [-0.1, -0.05) is 13.8 Å². The number of hydrogen-bond acceptors (Lipinski definition) is 3. The quantitative estimate of drug-likeness (QED) is 0.261. The van der Waals surface area contributed by atoms with Gasteiger partial charge in [-0.25, -0.2) is 0 Å². The van der Waals surface area contributed by atoms with Crippen LogP contribution in [0.5, 0.6) is 0 Å². The molecule has 1 aromatic rings. The van der Waals surface area contributed by atoms with Crippen molar-refractivity contribution in [3.05, 3.63) is 18.5 Å². The average Bonchev–Trinajstić information content (AvgIpc) is 3.01. The van der Waals surface area contributed by atoms with Crippen molar-refractivity contribution in [1.29, 1.82) is 0 Å². The Morgan fingerprint density at radius 3 is 2.59 bits per heavy atom. The molecule has 0 aliphatic heterocycles. The third-order valence-electron chi connectivity index (χ3n) is 3.35. The van der Waals surface area contributed by atoms with E-state index in [0.29, 0.717) is 0 Å². The first-order valence-corrected chi connectivity index (χ1v) is 7.94. The molecule has 0 atom stereocenters. The van der Waals surface area contributed by atoms with E-state index < -0.39 is 0 Å². The maximum Gasteiger partial charge on any atom is 0.191 e. The van der Waals surface area contributed by atoms with E-state index in [1.54, 1.807) is 0 Å². The summed E-state index contributed by atoms with van der Waals surface area (Å²) < 4.78 is 1.95. The monoisotopic (exact) mass is 422 g/mol. The van der Waals surface area contributed by atoms with Gasteiger partial charge in [-0.3, -0.25) is 9.67 Å². The summed E-state index contributed by atoms with van der Waals surface area (Å²) in [5.74, 6) is 0.878. The first-order valence-electron chi connectivity index (χ1n) is 7.94. The minimum absolute atomic E-state index is 0. The topological polar surface area (TPSA) is 57.5 Å². The zero-order chi connectivity index (χ0) is 15.3. The minimum Gasteiger partial charge on any atom is -0.356 e. The van der Waals surface area contributed by atoms with E-state index in [9.17, 15) is 0 Å². The molecule has 22 heavy (non-hydrogen) atoms. The lowest BCUT2D eigenvalue weighted by Gasteiger charge is -2.20. The summed E-state index contributed by atoms with van der Waals surface area (Å²) in [6.45, 7) is 10.5. The Bertz CT molecular complexity index is 379. The molecule has 2 N–H and O–H groups in total. The number of halogens is 1. The van der Waals surface area contributed by atoms with Crippen LogP contribution in [0.2, 0.25) is 0 Å². The van der Waals surface area contributed by atoms with E-state index in [-0.39, 0.29) is 24.0 Å². The van der Waals surface area contributed by atoms with Crippen LogP contribution in [0.4, 0.5) is 0 Å². The Balaban J connectivity index is 0.00000441. The summed E-state index contributed by atoms with van der Waals surface area (Å²) in [6, 6.07) is 1.95. The van der Waals surface area contributed by atoms with Gasteiger partial charge in [0.25, 0.3) is 0 Å². The highest BCUT2D eigenvalue weighted by atomic mass is 127. The highest BCUT2D eigenvalue weighted by Gasteiger charge is 2.01. The van der Waals surface area contributed by atoms with Gasteiger partial charge in [0.15, 0.2) is 5.96 Å². The normalized spacial score (nSPS) is 11.4. The van der Waals surface area contributed by atoms with Crippen LogP contribution in [0.3, 0.4) is 0 Å². The Hall–Kier alpha value is -0.830. The summed E-state index contributed by atoms with van der Waals surface area (Å²) in [4.78, 5) is 6.69. The van der Waals surface area contributed by atoms with Crippen LogP contribution in [-0.4, -0.2) is 60.4 Å². The predicted octanol–water partition coefficient (Wildman–Crippen LogP) is 1.79. The molecule has 0 radical (unpaired) electrons. The summed E-state index contributed by atoms with van der Waals surface area (Å²) in [5, 5.41) is 10.9. The second kappa shape index (κ2) is 13.8. The van der Waals surface area contributed by atoms with Crippen LogP contribution in [0.25, 0.3) is 0 Å². The van der Waals surface area contributed by atoms with Gasteiger partial charge in [0.05, 0.1) is 0 Å². The Morgan fingerprint density at radius 1 is 1.23 bits per heavy atom. The third-order valence-corrected chi connectivity index (χ3v) is 3.35. The van der Waals surface area contributed by atoms with Crippen LogP contribution in [0.15, 0.2) is 23.5 Å². The average molecular weight is 422 g/mol. The van der Waals surface area contributed by atoms with Gasteiger partial charge in [0.1, 0.15) is 0 Å². The van der Waals surface area contributed by atoms with E-state index >= 15 is 0 Å². The van der Waals surface area contributed by atoms with Crippen molar-refractivity contribution in [2.75, 3.05) is 39.8 Å². The van der Waals surface area contributed by atoms with Gasteiger partial charge in [0, 0.05) is 45.6 Å². The fourth-order valence-corrected chi connectivity index (χ4v) is 2.18. The lowest BCUT2D eigenvalue weighted by Crippen LogP contribution is -2.42. The molecule has 0 unspecified atom stereocenters. The fraction of sp³-hybridized carbons (Fsp3) is 0.733. The van der Waals surface area contributed by atoms with E-state index in [4.69, 9.17) is 0 Å². The number of guanidine groups is 1. The first-order chi connectivity index (χ1) is 10.3. The molecule has 6 nitrogen and oxygen atoms in total. The van der Waals surface area contributed by atoms with Crippen molar-refractivity contribution >= 4 is 29.9 Å². The van der Waals surface area contributed by atoms with Gasteiger partial charge < -0.3 is 15.5 Å². The Labute approximate surface area is 151 Å². The van der Waals surface area contributed by atoms with Gasteiger partial charge in [0.2, 0.25) is 0 Å². The number of aromatic nitrogens is 2. The lowest BCUT2D eigenvalue weighted by molar-refractivity contribution is 0.293. The molecule has 0 saturated heterocycles. The molecule has 0 aromatic carbocycles. The van der Waals surface area contributed by atoms with Crippen LogP contribution >= 0.6 is 24.0 Å². The van der Waals surface area contributed by atoms with Gasteiger partial charge in [-0.05, 0) is 32.0 Å². The number of nitrogens with zero attached hydrogens (tertiary/aromatic N) is 4. The predicted molar refractivity (Wildman–Crippen MR) is 104 cm³/mol. The molecule has 1 aromatic heterocycles. The Morgan fingerprint density at radius 2 is 2.00 bits per heavy atom. The molecule has 0 bridgehead atoms. The SMILES string of the molecule is CCCN(CC)CCNC(=NC)NCCCn1cccn1.I. The maximum absolute atomic E-state index is 4.24. The van der Waals surface area contributed by atoms with E-state index in [0.717, 1.165) is 51.6 Å². The molecule has 1 heterocycles. The summed E-state index contributed by atoms with van der Waals surface area (Å²) >= 11 is 0. The molecule has 0 aliphatic carbocycles. The number of rotatable bonds is 10. The molecule has 128 valence electrons. The molecular weight excluding hydrogens is 391 g/mol. The fourth-order valence-electron chi connectivity index (χ4n) is 2.18. The van der Waals surface area contributed by atoms with Crippen molar-refractivity contribution in [3.8, 4) is 0 Å². The van der Waals surface area contributed by atoms with Crippen molar-refractivity contribution < 1.29 is 0 Å². The number of nitrogens with one attached hydrogen (secondary N) is 2. The summed E-state index contributed by atoms with van der Waals surface area (Å²) in [5.41, 5.74) is 0. The largest absolute Gasteiger partial charge is 0.356 e. The number of aryl methyl sites for hydroxylation is 1. The van der Waals surface area contributed by atoms with Crippen LogP contribution in [-0.2, 0) is 6.54 Å². The van der Waals surface area contributed by atoms with Crippen molar-refractivity contribution in [2.45, 2.75) is 33.2 Å². The summed E-state index contributed by atoms with van der Waals surface area (Å²) in [7, 11) is 1.81. The molecule has 0 spiro atoms. The first kappa shape index (κ1) is 21.2. The molecule has 0 amide bonds. The Kier molecular flexibility index (Phi) is 13.3. The smallest absolute Gasteiger partial charge is 0.191 e.